The molecule has 0 radical (unpaired) electrons. The number of ether oxygens (including phenoxy) is 1. The first-order chi connectivity index (χ1) is 16.2. The highest BCUT2D eigenvalue weighted by molar-refractivity contribution is 7.92. The Balaban J connectivity index is 1.64. The first-order valence-electron chi connectivity index (χ1n) is 10.6. The zero-order chi connectivity index (χ0) is 24.5. The van der Waals surface area contributed by atoms with Gasteiger partial charge in [-0.1, -0.05) is 23.7 Å². The molecule has 0 spiro atoms. The third-order valence-electron chi connectivity index (χ3n) is 5.54. The van der Waals surface area contributed by atoms with Crippen molar-refractivity contribution >= 4 is 55.5 Å². The summed E-state index contributed by atoms with van der Waals surface area (Å²) in [7, 11) is -2.75. The molecule has 2 aromatic carbocycles. The van der Waals surface area contributed by atoms with Gasteiger partial charge in [0, 0.05) is 16.1 Å². The van der Waals surface area contributed by atoms with Gasteiger partial charge in [-0.05, 0) is 74.1 Å². The molecule has 0 bridgehead atoms. The summed E-state index contributed by atoms with van der Waals surface area (Å²) in [6.07, 6.45) is 3.58. The summed E-state index contributed by atoms with van der Waals surface area (Å²) < 4.78 is 33.4. The Kier molecular flexibility index (Phi) is 6.97. The molecule has 0 atom stereocenters. The summed E-state index contributed by atoms with van der Waals surface area (Å²) >= 11 is 7.54. The first kappa shape index (κ1) is 24.3. The lowest BCUT2D eigenvalue weighted by Gasteiger charge is -2.12. The number of hydrogen-bond acceptors (Lipinski definition) is 6. The van der Waals surface area contributed by atoms with Crippen LogP contribution in [0.15, 0.2) is 47.4 Å². The van der Waals surface area contributed by atoms with Crippen LogP contribution in [0.5, 0.6) is 0 Å². The maximum Gasteiger partial charge on any atom is 0.341 e. The van der Waals surface area contributed by atoms with Gasteiger partial charge in [0.15, 0.2) is 0 Å². The fourth-order valence-electron chi connectivity index (χ4n) is 3.92. The largest absolute Gasteiger partial charge is 0.465 e. The van der Waals surface area contributed by atoms with Gasteiger partial charge < -0.3 is 10.1 Å². The van der Waals surface area contributed by atoms with Gasteiger partial charge in [0.1, 0.15) is 9.90 Å². The zero-order valence-corrected chi connectivity index (χ0v) is 21.0. The average molecular weight is 519 g/mol. The minimum atomic E-state index is -4.05. The van der Waals surface area contributed by atoms with Crippen LogP contribution in [0, 0.1) is 6.92 Å². The summed E-state index contributed by atoms with van der Waals surface area (Å²) in [4.78, 5) is 26.3. The van der Waals surface area contributed by atoms with E-state index < -0.39 is 21.9 Å². The van der Waals surface area contributed by atoms with Crippen molar-refractivity contribution in [3.05, 3.63) is 74.6 Å². The topological polar surface area (TPSA) is 102 Å². The van der Waals surface area contributed by atoms with Crippen LogP contribution in [-0.2, 0) is 27.6 Å². The minimum Gasteiger partial charge on any atom is -0.465 e. The van der Waals surface area contributed by atoms with E-state index in [4.69, 9.17) is 16.3 Å². The van der Waals surface area contributed by atoms with Crippen molar-refractivity contribution in [2.75, 3.05) is 17.1 Å². The van der Waals surface area contributed by atoms with E-state index in [1.54, 1.807) is 18.2 Å². The van der Waals surface area contributed by atoms with E-state index in [9.17, 15) is 18.0 Å². The summed E-state index contributed by atoms with van der Waals surface area (Å²) in [6.45, 7) is 1.85. The second kappa shape index (κ2) is 9.77. The molecule has 0 saturated heterocycles. The van der Waals surface area contributed by atoms with Crippen molar-refractivity contribution in [3.8, 4) is 0 Å². The molecule has 0 aliphatic heterocycles. The Labute approximate surface area is 207 Å². The maximum atomic E-state index is 13.1. The average Bonchev–Trinajstić information content (AvgIpc) is 3.16. The Morgan fingerprint density at radius 3 is 2.59 bits per heavy atom. The van der Waals surface area contributed by atoms with Crippen molar-refractivity contribution in [3.63, 3.8) is 0 Å². The molecule has 1 heterocycles. The number of anilines is 2. The van der Waals surface area contributed by atoms with Crippen LogP contribution in [-0.4, -0.2) is 27.4 Å². The Morgan fingerprint density at radius 2 is 1.85 bits per heavy atom. The number of amides is 1. The van der Waals surface area contributed by atoms with Crippen molar-refractivity contribution < 1.29 is 22.7 Å². The van der Waals surface area contributed by atoms with Crippen LogP contribution in [0.3, 0.4) is 0 Å². The molecule has 1 amide bonds. The molecule has 7 nitrogen and oxygen atoms in total. The third kappa shape index (κ3) is 4.96. The highest BCUT2D eigenvalue weighted by atomic mass is 35.5. The fraction of sp³-hybridized carbons (Fsp3) is 0.250. The number of halogens is 1. The summed E-state index contributed by atoms with van der Waals surface area (Å²) in [6, 6.07) is 10.9. The molecule has 34 heavy (non-hydrogen) atoms. The van der Waals surface area contributed by atoms with E-state index in [1.807, 2.05) is 13.0 Å². The SMILES string of the molecule is COC(=O)c1c(NC(=O)c2ccc(Cl)c(S(=O)(=O)Nc3cccc(C)c3)c2)sc2c1CCCC2. The second-order valence-electron chi connectivity index (χ2n) is 7.98. The van der Waals surface area contributed by atoms with Crippen molar-refractivity contribution in [1.82, 2.24) is 0 Å². The molecule has 2 N–H and O–H groups in total. The van der Waals surface area contributed by atoms with Crippen LogP contribution >= 0.6 is 22.9 Å². The molecule has 1 aliphatic carbocycles. The number of benzene rings is 2. The second-order valence-corrected chi connectivity index (χ2v) is 11.1. The lowest BCUT2D eigenvalue weighted by molar-refractivity contribution is 0.0601. The van der Waals surface area contributed by atoms with Crippen molar-refractivity contribution in [1.29, 1.82) is 0 Å². The lowest BCUT2D eigenvalue weighted by atomic mass is 9.95. The summed E-state index contributed by atoms with van der Waals surface area (Å²) in [5.74, 6) is -1.05. The molecule has 1 aromatic heterocycles. The van der Waals surface area contributed by atoms with E-state index in [-0.39, 0.29) is 15.5 Å². The van der Waals surface area contributed by atoms with Gasteiger partial charge in [-0.2, -0.15) is 0 Å². The number of methoxy groups -OCH3 is 1. The number of aryl methyl sites for hydroxylation is 2. The molecule has 178 valence electrons. The van der Waals surface area contributed by atoms with Gasteiger partial charge in [0.05, 0.1) is 17.7 Å². The third-order valence-corrected chi connectivity index (χ3v) is 8.61. The zero-order valence-electron chi connectivity index (χ0n) is 18.6. The van der Waals surface area contributed by atoms with Crippen molar-refractivity contribution in [2.24, 2.45) is 0 Å². The van der Waals surface area contributed by atoms with Gasteiger partial charge in [-0.3, -0.25) is 9.52 Å². The normalized spacial score (nSPS) is 13.1. The maximum absolute atomic E-state index is 13.1. The highest BCUT2D eigenvalue weighted by Gasteiger charge is 2.28. The predicted molar refractivity (Wildman–Crippen MR) is 134 cm³/mol. The number of carbonyl (C=O) groups is 2. The van der Waals surface area contributed by atoms with Gasteiger partial charge in [-0.15, -0.1) is 11.3 Å². The number of carbonyl (C=O) groups excluding carboxylic acids is 2. The Morgan fingerprint density at radius 1 is 1.09 bits per heavy atom. The van der Waals surface area contributed by atoms with Crippen LogP contribution in [0.25, 0.3) is 0 Å². The number of rotatable bonds is 6. The Bertz CT molecular complexity index is 1380. The van der Waals surface area contributed by atoms with Crippen LogP contribution in [0.2, 0.25) is 5.02 Å². The monoisotopic (exact) mass is 518 g/mol. The van der Waals surface area contributed by atoms with Crippen LogP contribution < -0.4 is 10.0 Å². The van der Waals surface area contributed by atoms with E-state index in [0.29, 0.717) is 16.3 Å². The van der Waals surface area contributed by atoms with Gasteiger partial charge >= 0.3 is 5.97 Å². The summed E-state index contributed by atoms with van der Waals surface area (Å²) in [5.41, 5.74) is 2.66. The van der Waals surface area contributed by atoms with E-state index >= 15 is 0 Å². The highest BCUT2D eigenvalue weighted by Crippen LogP contribution is 2.39. The van der Waals surface area contributed by atoms with E-state index in [1.165, 1.54) is 36.6 Å². The van der Waals surface area contributed by atoms with Gasteiger partial charge in [0.25, 0.3) is 15.9 Å². The number of sulfonamides is 1. The smallest absolute Gasteiger partial charge is 0.341 e. The molecular formula is C24H23ClN2O5S2. The number of nitrogens with one attached hydrogen (secondary N) is 2. The lowest BCUT2D eigenvalue weighted by Crippen LogP contribution is -2.17. The number of esters is 1. The van der Waals surface area contributed by atoms with Crippen LogP contribution in [0.1, 0.15) is 49.6 Å². The number of thiophene rings is 1. The number of fused-ring (bicyclic) bond motifs is 1. The van der Waals surface area contributed by atoms with E-state index in [2.05, 4.69) is 10.0 Å². The molecule has 0 fully saturated rings. The van der Waals surface area contributed by atoms with Crippen LogP contribution in [0.4, 0.5) is 10.7 Å². The molecule has 0 saturated carbocycles. The molecule has 10 heteroatoms. The van der Waals surface area contributed by atoms with E-state index in [0.717, 1.165) is 41.7 Å². The standard InChI is InChI=1S/C24H23ClN2O5S2/c1-14-6-5-7-16(12-14)27-34(30,31)20-13-15(10-11-18(20)25)22(28)26-23-21(24(29)32-2)17-8-3-4-9-19(17)33-23/h5-7,10-13,27H,3-4,8-9H2,1-2H3,(H,26,28). The molecule has 4 rings (SSSR count). The minimum absolute atomic E-state index is 0.0152. The van der Waals surface area contributed by atoms with Crippen molar-refractivity contribution in [2.45, 2.75) is 37.5 Å². The quantitative estimate of drug-likeness (QED) is 0.424. The van der Waals surface area contributed by atoms with Gasteiger partial charge in [-0.25, -0.2) is 13.2 Å². The molecular weight excluding hydrogens is 496 g/mol. The number of hydrogen-bond donors (Lipinski definition) is 2. The molecule has 1 aliphatic rings. The molecule has 0 unspecified atom stereocenters. The fourth-order valence-corrected chi connectivity index (χ4v) is 6.77. The first-order valence-corrected chi connectivity index (χ1v) is 13.3. The molecule has 3 aromatic rings. The summed E-state index contributed by atoms with van der Waals surface area (Å²) in [5, 5.41) is 3.16. The predicted octanol–water partition coefficient (Wildman–Crippen LogP) is 5.43. The Hall–Kier alpha value is -2.88. The van der Waals surface area contributed by atoms with Gasteiger partial charge in [0.2, 0.25) is 0 Å².